The Morgan fingerprint density at radius 2 is 1.59 bits per heavy atom. The Hall–Kier alpha value is -3.50. The molecule has 2 aromatic carbocycles. The first kappa shape index (κ1) is 29.0. The number of rotatable bonds is 14. The second-order valence-electron chi connectivity index (χ2n) is 11.1. The van der Waals surface area contributed by atoms with Gasteiger partial charge in [-0.3, -0.25) is 9.78 Å². The number of methoxy groups -OCH3 is 1. The quantitative estimate of drug-likeness (QED) is 0.274. The van der Waals surface area contributed by atoms with Crippen molar-refractivity contribution in [1.82, 2.24) is 9.88 Å². The smallest absolute Gasteiger partial charge is 0.272 e. The Morgan fingerprint density at radius 1 is 0.878 bits per heavy atom. The van der Waals surface area contributed by atoms with Gasteiger partial charge in [0.15, 0.2) is 11.5 Å². The van der Waals surface area contributed by atoms with Crippen LogP contribution in [0.1, 0.15) is 57.4 Å². The number of nitrogens with zero attached hydrogens (tertiary/aromatic N) is 2. The Morgan fingerprint density at radius 3 is 2.24 bits per heavy atom. The number of carbonyl (C=O) groups excluding carboxylic acids is 1. The van der Waals surface area contributed by atoms with Crippen LogP contribution in [0, 0.1) is 5.41 Å². The van der Waals surface area contributed by atoms with Crippen molar-refractivity contribution in [2.45, 2.75) is 37.9 Å². The highest BCUT2D eigenvalue weighted by Gasteiger charge is 2.33. The largest absolute Gasteiger partial charge is 0.493 e. The average Bonchev–Trinajstić information content (AvgIpc) is 3.84. The molecule has 1 saturated heterocycles. The zero-order chi connectivity index (χ0) is 28.8. The number of ether oxygens (including phenoxy) is 3. The third kappa shape index (κ3) is 6.87. The summed E-state index contributed by atoms with van der Waals surface area (Å²) >= 11 is 0. The Kier molecular flexibility index (Phi) is 9.19. The van der Waals surface area contributed by atoms with E-state index >= 15 is 0 Å². The number of aromatic nitrogens is 1. The molecule has 0 bridgehead atoms. The van der Waals surface area contributed by atoms with Gasteiger partial charge in [-0.05, 0) is 65.3 Å². The number of benzene rings is 2. The predicted molar refractivity (Wildman–Crippen MR) is 152 cm³/mol. The average molecular weight is 563 g/mol. The van der Waals surface area contributed by atoms with Crippen LogP contribution in [0.15, 0.2) is 60.8 Å². The molecule has 1 amide bonds. The third-order valence-corrected chi connectivity index (χ3v) is 7.98. The van der Waals surface area contributed by atoms with Gasteiger partial charge in [-0.2, -0.15) is 0 Å². The van der Waals surface area contributed by atoms with Gasteiger partial charge >= 0.3 is 0 Å². The Balaban J connectivity index is 1.13. The molecule has 0 atom stereocenters. The molecule has 3 N–H and O–H groups in total. The fourth-order valence-electron chi connectivity index (χ4n) is 4.89. The number of aliphatic hydroxyl groups is 3. The van der Waals surface area contributed by atoms with Gasteiger partial charge in [0.2, 0.25) is 0 Å². The molecule has 1 saturated carbocycles. The lowest BCUT2D eigenvalue weighted by atomic mass is 9.91. The summed E-state index contributed by atoms with van der Waals surface area (Å²) in [6.45, 7) is 0.567. The molecular weight excluding hydrogens is 524 g/mol. The fraction of sp³-hybridized carbons (Fsp3) is 0.438. The summed E-state index contributed by atoms with van der Waals surface area (Å²) in [5, 5.41) is 28.3. The Labute approximate surface area is 240 Å². The van der Waals surface area contributed by atoms with E-state index in [-0.39, 0.29) is 25.0 Å². The van der Waals surface area contributed by atoms with Gasteiger partial charge in [0, 0.05) is 25.2 Å². The minimum atomic E-state index is -1.10. The SMILES string of the molecule is COc1cc(C2CN(C(=O)c3cc(COCC(CO)(CO)CO)ccn3)C2)ccc1OCc1ccc(C2CC2)cc1. The summed E-state index contributed by atoms with van der Waals surface area (Å²) in [6.07, 6.45) is 4.14. The summed E-state index contributed by atoms with van der Waals surface area (Å²) in [7, 11) is 1.63. The van der Waals surface area contributed by atoms with Crippen molar-refractivity contribution in [1.29, 1.82) is 0 Å². The van der Waals surface area contributed by atoms with Crippen molar-refractivity contribution in [2.75, 3.05) is 46.6 Å². The minimum Gasteiger partial charge on any atom is -0.493 e. The van der Waals surface area contributed by atoms with E-state index in [0.717, 1.165) is 22.6 Å². The third-order valence-electron chi connectivity index (χ3n) is 7.98. The summed E-state index contributed by atoms with van der Waals surface area (Å²) in [5.41, 5.74) is 3.57. The number of aliphatic hydroxyl groups excluding tert-OH is 3. The number of likely N-dealkylation sites (tertiary alicyclic amines) is 1. The zero-order valence-corrected chi connectivity index (χ0v) is 23.4. The number of pyridine rings is 1. The molecular formula is C32H38N2O7. The maximum atomic E-state index is 13.1. The lowest BCUT2D eigenvalue weighted by Gasteiger charge is -2.39. The molecule has 2 fully saturated rings. The van der Waals surface area contributed by atoms with E-state index in [1.165, 1.54) is 18.4 Å². The van der Waals surface area contributed by atoms with Crippen molar-refractivity contribution in [3.63, 3.8) is 0 Å². The summed E-state index contributed by atoms with van der Waals surface area (Å²) < 4.78 is 17.3. The molecule has 0 spiro atoms. The number of hydrogen-bond donors (Lipinski definition) is 3. The van der Waals surface area contributed by atoms with Gasteiger partial charge in [0.1, 0.15) is 12.3 Å². The predicted octanol–water partition coefficient (Wildman–Crippen LogP) is 3.27. The van der Waals surface area contributed by atoms with Crippen LogP contribution in [0.4, 0.5) is 0 Å². The van der Waals surface area contributed by atoms with E-state index in [1.54, 1.807) is 30.3 Å². The summed E-state index contributed by atoms with van der Waals surface area (Å²) in [4.78, 5) is 19.1. The molecule has 3 aromatic rings. The van der Waals surface area contributed by atoms with Crippen molar-refractivity contribution in [2.24, 2.45) is 5.41 Å². The maximum Gasteiger partial charge on any atom is 0.272 e. The summed E-state index contributed by atoms with van der Waals surface area (Å²) in [6, 6.07) is 18.0. The first-order chi connectivity index (χ1) is 20.0. The maximum absolute atomic E-state index is 13.1. The monoisotopic (exact) mass is 562 g/mol. The van der Waals surface area contributed by atoms with E-state index in [2.05, 4.69) is 29.2 Å². The van der Waals surface area contributed by atoms with E-state index in [9.17, 15) is 20.1 Å². The molecule has 1 aromatic heterocycles. The highest BCUT2D eigenvalue weighted by Crippen LogP contribution is 2.40. The normalized spacial score (nSPS) is 15.5. The van der Waals surface area contributed by atoms with Crippen LogP contribution in [0.2, 0.25) is 0 Å². The van der Waals surface area contributed by atoms with Gasteiger partial charge in [-0.15, -0.1) is 0 Å². The van der Waals surface area contributed by atoms with Crippen LogP contribution in [0.5, 0.6) is 11.5 Å². The first-order valence-corrected chi connectivity index (χ1v) is 14.0. The molecule has 9 nitrogen and oxygen atoms in total. The second kappa shape index (κ2) is 13.0. The molecule has 5 rings (SSSR count). The Bertz CT molecular complexity index is 1310. The molecule has 0 unspecified atom stereocenters. The molecule has 2 heterocycles. The van der Waals surface area contributed by atoms with E-state index < -0.39 is 25.2 Å². The van der Waals surface area contributed by atoms with Crippen LogP contribution in [0.3, 0.4) is 0 Å². The lowest BCUT2D eigenvalue weighted by molar-refractivity contribution is -0.0621. The van der Waals surface area contributed by atoms with Gasteiger partial charge in [0.05, 0.1) is 45.6 Å². The first-order valence-electron chi connectivity index (χ1n) is 14.0. The van der Waals surface area contributed by atoms with Gasteiger partial charge in [-0.25, -0.2) is 0 Å². The van der Waals surface area contributed by atoms with Crippen molar-refractivity contribution >= 4 is 5.91 Å². The standard InChI is InChI=1S/C32H38N2O7/c1-39-30-13-26(8-9-29(30)41-17-22-2-4-24(5-3-22)25-6-7-25)27-14-34(15-27)31(38)28-12-23(10-11-33-28)16-40-21-32(18-35,19-36)20-37/h2-5,8-13,25,27,35-37H,6-7,14-21H2,1H3. The molecule has 9 heteroatoms. The van der Waals surface area contributed by atoms with Crippen LogP contribution in [0.25, 0.3) is 0 Å². The fourth-order valence-corrected chi connectivity index (χ4v) is 4.89. The minimum absolute atomic E-state index is 0.0172. The van der Waals surface area contributed by atoms with E-state index in [4.69, 9.17) is 14.2 Å². The number of carbonyl (C=O) groups is 1. The second-order valence-corrected chi connectivity index (χ2v) is 11.1. The van der Waals surface area contributed by atoms with Crippen LogP contribution < -0.4 is 9.47 Å². The molecule has 0 radical (unpaired) electrons. The van der Waals surface area contributed by atoms with E-state index in [0.29, 0.717) is 36.9 Å². The zero-order valence-electron chi connectivity index (χ0n) is 23.4. The van der Waals surface area contributed by atoms with Crippen LogP contribution in [-0.2, 0) is 18.0 Å². The van der Waals surface area contributed by atoms with Crippen LogP contribution >= 0.6 is 0 Å². The summed E-state index contributed by atoms with van der Waals surface area (Å²) in [5.74, 6) is 2.13. The van der Waals surface area contributed by atoms with Crippen molar-refractivity contribution in [3.8, 4) is 11.5 Å². The number of amides is 1. The molecule has 41 heavy (non-hydrogen) atoms. The molecule has 2 aliphatic rings. The van der Waals surface area contributed by atoms with Gasteiger partial charge in [-0.1, -0.05) is 30.3 Å². The number of hydrogen-bond acceptors (Lipinski definition) is 8. The molecule has 218 valence electrons. The van der Waals surface area contributed by atoms with Gasteiger partial charge in [0.25, 0.3) is 5.91 Å². The topological polar surface area (TPSA) is 122 Å². The molecule has 1 aliphatic carbocycles. The van der Waals surface area contributed by atoms with Crippen LogP contribution in [-0.4, -0.2) is 77.7 Å². The van der Waals surface area contributed by atoms with E-state index in [1.807, 2.05) is 18.2 Å². The highest BCUT2D eigenvalue weighted by atomic mass is 16.5. The highest BCUT2D eigenvalue weighted by molar-refractivity contribution is 5.93. The molecule has 1 aliphatic heterocycles. The van der Waals surface area contributed by atoms with Crippen molar-refractivity contribution in [3.05, 3.63) is 88.7 Å². The van der Waals surface area contributed by atoms with Gasteiger partial charge < -0.3 is 34.4 Å². The van der Waals surface area contributed by atoms with Crippen molar-refractivity contribution < 1.29 is 34.3 Å². The lowest BCUT2D eigenvalue weighted by Crippen LogP contribution is -2.48.